The highest BCUT2D eigenvalue weighted by Crippen LogP contribution is 2.32. The Hall–Kier alpha value is -1.41. The molecule has 2 rings (SSSR count). The van der Waals surface area contributed by atoms with Crippen molar-refractivity contribution in [1.29, 1.82) is 0 Å². The maximum atomic E-state index is 12.9. The van der Waals surface area contributed by atoms with Gasteiger partial charge in [-0.1, -0.05) is 30.3 Å². The minimum atomic E-state index is -3.60. The highest BCUT2D eigenvalue weighted by Gasteiger charge is 2.28. The number of nitrogens with two attached hydrogens (primary N) is 1. The molecule has 1 heterocycles. The summed E-state index contributed by atoms with van der Waals surface area (Å²) < 4.78 is 32.7. The van der Waals surface area contributed by atoms with E-state index in [0.717, 1.165) is 5.56 Å². The highest BCUT2D eigenvalue weighted by molar-refractivity contribution is 7.91. The predicted octanol–water partition coefficient (Wildman–Crippen LogP) is 2.30. The Morgan fingerprint density at radius 2 is 1.95 bits per heavy atom. The van der Waals surface area contributed by atoms with Crippen LogP contribution < -0.4 is 10.5 Å². The summed E-state index contributed by atoms with van der Waals surface area (Å²) in [6.07, 6.45) is 0.611. The van der Waals surface area contributed by atoms with Crippen molar-refractivity contribution in [1.82, 2.24) is 4.31 Å². The van der Waals surface area contributed by atoms with Gasteiger partial charge in [0, 0.05) is 13.1 Å². The number of thiophene rings is 1. The van der Waals surface area contributed by atoms with Crippen molar-refractivity contribution < 1.29 is 13.2 Å². The first-order valence-corrected chi connectivity index (χ1v) is 9.27. The fourth-order valence-electron chi connectivity index (χ4n) is 2.08. The maximum Gasteiger partial charge on any atom is 0.256 e. The van der Waals surface area contributed by atoms with Gasteiger partial charge in [0.05, 0.1) is 7.11 Å². The van der Waals surface area contributed by atoms with Crippen LogP contribution in [0.3, 0.4) is 0 Å². The van der Waals surface area contributed by atoms with Gasteiger partial charge in [0.2, 0.25) is 0 Å². The first-order chi connectivity index (χ1) is 10.6. The van der Waals surface area contributed by atoms with E-state index in [4.69, 9.17) is 10.5 Å². The molecule has 2 aromatic rings. The summed E-state index contributed by atoms with van der Waals surface area (Å²) >= 11 is 1.17. The van der Waals surface area contributed by atoms with Crippen molar-refractivity contribution in [3.05, 3.63) is 47.3 Å². The molecule has 0 saturated heterocycles. The summed E-state index contributed by atoms with van der Waals surface area (Å²) in [6, 6.07) is 11.2. The molecule has 0 amide bonds. The average molecular weight is 340 g/mol. The van der Waals surface area contributed by atoms with E-state index < -0.39 is 10.0 Å². The summed E-state index contributed by atoms with van der Waals surface area (Å²) in [7, 11) is -2.12. The van der Waals surface area contributed by atoms with Gasteiger partial charge in [0.1, 0.15) is 5.75 Å². The molecule has 120 valence electrons. The molecule has 1 aromatic carbocycles. The zero-order valence-electron chi connectivity index (χ0n) is 12.4. The molecule has 0 atom stereocenters. The zero-order chi connectivity index (χ0) is 16.0. The zero-order valence-corrected chi connectivity index (χ0v) is 14.1. The number of ether oxygens (including phenoxy) is 1. The Balaban J connectivity index is 2.31. The lowest BCUT2D eigenvalue weighted by Crippen LogP contribution is -2.32. The number of sulfonamides is 1. The SMILES string of the molecule is COc1ccsc1S(=O)(=O)N(CCCN)Cc1ccccc1. The van der Waals surface area contributed by atoms with E-state index in [2.05, 4.69) is 0 Å². The molecule has 0 bridgehead atoms. The summed E-state index contributed by atoms with van der Waals surface area (Å²) in [4.78, 5) is 0. The number of hydrogen-bond acceptors (Lipinski definition) is 5. The smallest absolute Gasteiger partial charge is 0.256 e. The van der Waals surface area contributed by atoms with Crippen LogP contribution in [0.4, 0.5) is 0 Å². The standard InChI is InChI=1S/C15H20N2O3S2/c1-20-14-8-11-21-15(14)22(18,19)17(10-5-9-16)12-13-6-3-2-4-7-13/h2-4,6-8,11H,5,9-10,12,16H2,1H3. The van der Waals surface area contributed by atoms with Crippen molar-refractivity contribution >= 4 is 21.4 Å². The predicted molar refractivity (Wildman–Crippen MR) is 88.6 cm³/mol. The number of benzene rings is 1. The van der Waals surface area contributed by atoms with Gasteiger partial charge < -0.3 is 10.5 Å². The van der Waals surface area contributed by atoms with E-state index in [0.29, 0.717) is 31.8 Å². The Morgan fingerprint density at radius 3 is 2.59 bits per heavy atom. The number of hydrogen-bond donors (Lipinski definition) is 1. The van der Waals surface area contributed by atoms with Gasteiger partial charge in [0.25, 0.3) is 10.0 Å². The third-order valence-corrected chi connectivity index (χ3v) is 6.47. The Kier molecular flexibility index (Phi) is 5.96. The molecule has 0 spiro atoms. The molecule has 0 aliphatic rings. The van der Waals surface area contributed by atoms with Crippen LogP contribution in [0, 0.1) is 0 Å². The van der Waals surface area contributed by atoms with Gasteiger partial charge in [-0.15, -0.1) is 11.3 Å². The molecule has 0 unspecified atom stereocenters. The van der Waals surface area contributed by atoms with E-state index in [-0.39, 0.29) is 4.21 Å². The molecule has 7 heteroatoms. The lowest BCUT2D eigenvalue weighted by atomic mass is 10.2. The van der Waals surface area contributed by atoms with Crippen LogP contribution in [0.1, 0.15) is 12.0 Å². The van der Waals surface area contributed by atoms with Crippen molar-refractivity contribution in [2.45, 2.75) is 17.2 Å². The molecule has 1 aromatic heterocycles. The quantitative estimate of drug-likeness (QED) is 0.800. The second-order valence-corrected chi connectivity index (χ2v) is 7.79. The van der Waals surface area contributed by atoms with Gasteiger partial charge in [-0.05, 0) is 30.0 Å². The second kappa shape index (κ2) is 7.73. The third kappa shape index (κ3) is 3.86. The summed E-state index contributed by atoms with van der Waals surface area (Å²) in [5, 5.41) is 1.72. The first kappa shape index (κ1) is 17.0. The minimum absolute atomic E-state index is 0.239. The molecule has 0 radical (unpaired) electrons. The lowest BCUT2D eigenvalue weighted by molar-refractivity contribution is 0.387. The monoisotopic (exact) mass is 340 g/mol. The molecular formula is C15H20N2O3S2. The van der Waals surface area contributed by atoms with E-state index >= 15 is 0 Å². The van der Waals surface area contributed by atoms with E-state index in [9.17, 15) is 8.42 Å². The molecule has 0 saturated carbocycles. The number of methoxy groups -OCH3 is 1. The van der Waals surface area contributed by atoms with Crippen molar-refractivity contribution in [2.75, 3.05) is 20.2 Å². The molecule has 22 heavy (non-hydrogen) atoms. The van der Waals surface area contributed by atoms with E-state index in [1.807, 2.05) is 30.3 Å². The van der Waals surface area contributed by atoms with Gasteiger partial charge in [-0.3, -0.25) is 0 Å². The van der Waals surface area contributed by atoms with Crippen LogP contribution in [-0.4, -0.2) is 32.9 Å². The van der Waals surface area contributed by atoms with Crippen LogP contribution in [0.2, 0.25) is 0 Å². The maximum absolute atomic E-state index is 12.9. The molecule has 2 N–H and O–H groups in total. The molecule has 0 aliphatic heterocycles. The Morgan fingerprint density at radius 1 is 1.23 bits per heavy atom. The normalized spacial score (nSPS) is 11.8. The average Bonchev–Trinajstić information content (AvgIpc) is 3.01. The molecule has 0 fully saturated rings. The number of rotatable bonds is 8. The largest absolute Gasteiger partial charge is 0.494 e. The van der Waals surface area contributed by atoms with Crippen LogP contribution in [-0.2, 0) is 16.6 Å². The Bertz CT molecular complexity index is 684. The topological polar surface area (TPSA) is 72.6 Å². The third-order valence-electron chi connectivity index (χ3n) is 3.20. The van der Waals surface area contributed by atoms with Crippen LogP contribution in [0.5, 0.6) is 5.75 Å². The number of nitrogens with zero attached hydrogens (tertiary/aromatic N) is 1. The first-order valence-electron chi connectivity index (χ1n) is 6.95. The van der Waals surface area contributed by atoms with Crippen LogP contribution in [0.15, 0.2) is 46.0 Å². The van der Waals surface area contributed by atoms with Crippen molar-refractivity contribution in [2.24, 2.45) is 5.73 Å². The summed E-state index contributed by atoms with van der Waals surface area (Å²) in [5.41, 5.74) is 6.49. The van der Waals surface area contributed by atoms with E-state index in [1.165, 1.54) is 22.8 Å². The molecule has 0 aliphatic carbocycles. The van der Waals surface area contributed by atoms with Crippen LogP contribution in [0.25, 0.3) is 0 Å². The molecular weight excluding hydrogens is 320 g/mol. The fraction of sp³-hybridized carbons (Fsp3) is 0.333. The Labute approximate surface area is 135 Å². The van der Waals surface area contributed by atoms with Crippen molar-refractivity contribution in [3.8, 4) is 5.75 Å². The van der Waals surface area contributed by atoms with Gasteiger partial charge >= 0.3 is 0 Å². The summed E-state index contributed by atoms with van der Waals surface area (Å²) in [5.74, 6) is 0.385. The molecule has 5 nitrogen and oxygen atoms in total. The highest BCUT2D eigenvalue weighted by atomic mass is 32.2. The van der Waals surface area contributed by atoms with Crippen molar-refractivity contribution in [3.63, 3.8) is 0 Å². The summed E-state index contributed by atoms with van der Waals surface area (Å²) in [6.45, 7) is 1.15. The lowest BCUT2D eigenvalue weighted by Gasteiger charge is -2.21. The van der Waals surface area contributed by atoms with Gasteiger partial charge in [0.15, 0.2) is 4.21 Å². The van der Waals surface area contributed by atoms with Gasteiger partial charge in [-0.25, -0.2) is 8.42 Å². The van der Waals surface area contributed by atoms with Crippen LogP contribution >= 0.6 is 11.3 Å². The fourth-order valence-corrected chi connectivity index (χ4v) is 4.96. The minimum Gasteiger partial charge on any atom is -0.494 e. The second-order valence-electron chi connectivity index (χ2n) is 4.74. The van der Waals surface area contributed by atoms with E-state index in [1.54, 1.807) is 11.4 Å². The van der Waals surface area contributed by atoms with Gasteiger partial charge in [-0.2, -0.15) is 4.31 Å².